The molecular formula is C21H34N4O2. The van der Waals surface area contributed by atoms with Gasteiger partial charge in [-0.1, -0.05) is 26.8 Å². The van der Waals surface area contributed by atoms with Crippen molar-refractivity contribution in [1.29, 1.82) is 0 Å². The molecule has 3 heterocycles. The van der Waals surface area contributed by atoms with Gasteiger partial charge in [-0.15, -0.1) is 0 Å². The van der Waals surface area contributed by atoms with Crippen LogP contribution in [0.1, 0.15) is 51.6 Å². The number of carbonyl (C=O) groups is 1. The molecule has 6 nitrogen and oxygen atoms in total. The van der Waals surface area contributed by atoms with Crippen molar-refractivity contribution in [3.63, 3.8) is 0 Å². The molecule has 1 aromatic heterocycles. The summed E-state index contributed by atoms with van der Waals surface area (Å²) in [4.78, 5) is 21.6. The topological polar surface area (TPSA) is 57.7 Å². The predicted molar refractivity (Wildman–Crippen MR) is 107 cm³/mol. The minimum absolute atomic E-state index is 0.0110. The van der Waals surface area contributed by atoms with Gasteiger partial charge in [0, 0.05) is 44.6 Å². The summed E-state index contributed by atoms with van der Waals surface area (Å²) in [5.41, 5.74) is 1.20. The number of carbonyl (C=O) groups excluding carboxylic acids is 1. The minimum atomic E-state index is -0.0110. The third-order valence-corrected chi connectivity index (χ3v) is 5.51. The molecule has 150 valence electrons. The normalized spacial score (nSPS) is 21.1. The second-order valence-electron chi connectivity index (χ2n) is 8.92. The summed E-state index contributed by atoms with van der Waals surface area (Å²) in [5, 5.41) is 3.27. The highest BCUT2D eigenvalue weighted by molar-refractivity contribution is 5.74. The third kappa shape index (κ3) is 5.91. The zero-order chi connectivity index (χ0) is 19.3. The first-order chi connectivity index (χ1) is 12.9. The van der Waals surface area contributed by atoms with Gasteiger partial charge in [0.1, 0.15) is 0 Å². The molecule has 3 rings (SSSR count). The minimum Gasteiger partial charge on any atom is -0.379 e. The van der Waals surface area contributed by atoms with Crippen LogP contribution in [0.15, 0.2) is 24.5 Å². The van der Waals surface area contributed by atoms with Gasteiger partial charge in [-0.3, -0.25) is 9.88 Å². The summed E-state index contributed by atoms with van der Waals surface area (Å²) < 4.78 is 5.45. The monoisotopic (exact) mass is 374 g/mol. The molecule has 1 atom stereocenters. The molecule has 2 saturated heterocycles. The predicted octanol–water partition coefficient (Wildman–Crippen LogP) is 3.07. The van der Waals surface area contributed by atoms with E-state index >= 15 is 0 Å². The average Bonchev–Trinajstić information content (AvgIpc) is 2.68. The molecule has 27 heavy (non-hydrogen) atoms. The van der Waals surface area contributed by atoms with Crippen LogP contribution in [-0.4, -0.2) is 66.2 Å². The third-order valence-electron chi connectivity index (χ3n) is 5.51. The summed E-state index contributed by atoms with van der Waals surface area (Å²) in [5.74, 6) is 0. The molecule has 0 spiro atoms. The number of hydrogen-bond acceptors (Lipinski definition) is 4. The van der Waals surface area contributed by atoms with Gasteiger partial charge >= 0.3 is 6.03 Å². The van der Waals surface area contributed by atoms with E-state index < -0.39 is 0 Å². The van der Waals surface area contributed by atoms with Crippen molar-refractivity contribution < 1.29 is 9.53 Å². The zero-order valence-electron chi connectivity index (χ0n) is 17.0. The Morgan fingerprint density at radius 1 is 1.26 bits per heavy atom. The van der Waals surface area contributed by atoms with E-state index in [1.54, 1.807) is 6.20 Å². The lowest BCUT2D eigenvalue weighted by molar-refractivity contribution is 0.00369. The van der Waals surface area contributed by atoms with E-state index in [0.717, 1.165) is 64.2 Å². The molecule has 2 fully saturated rings. The fraction of sp³-hybridized carbons (Fsp3) is 0.714. The molecule has 0 unspecified atom stereocenters. The molecule has 2 aliphatic heterocycles. The summed E-state index contributed by atoms with van der Waals surface area (Å²) in [7, 11) is 0. The van der Waals surface area contributed by atoms with Gasteiger partial charge in [-0.25, -0.2) is 4.79 Å². The Balaban J connectivity index is 1.56. The molecule has 6 heteroatoms. The molecular weight excluding hydrogens is 340 g/mol. The lowest BCUT2D eigenvalue weighted by Gasteiger charge is -2.40. The first kappa shape index (κ1) is 20.1. The molecule has 0 saturated carbocycles. The highest BCUT2D eigenvalue weighted by atomic mass is 16.5. The van der Waals surface area contributed by atoms with Gasteiger partial charge in [0.05, 0.1) is 19.3 Å². The zero-order valence-corrected chi connectivity index (χ0v) is 17.0. The average molecular weight is 375 g/mol. The number of rotatable bonds is 4. The van der Waals surface area contributed by atoms with Gasteiger partial charge in [0.2, 0.25) is 0 Å². The van der Waals surface area contributed by atoms with E-state index in [0.29, 0.717) is 6.04 Å². The lowest BCUT2D eigenvalue weighted by atomic mass is 9.86. The number of morpholine rings is 1. The number of piperidine rings is 1. The van der Waals surface area contributed by atoms with Crippen LogP contribution in [0.5, 0.6) is 0 Å². The molecule has 2 amide bonds. The summed E-state index contributed by atoms with van der Waals surface area (Å²) >= 11 is 0. The fourth-order valence-electron chi connectivity index (χ4n) is 4.06. The number of ether oxygens (including phenoxy) is 1. The smallest absolute Gasteiger partial charge is 0.317 e. The summed E-state index contributed by atoms with van der Waals surface area (Å²) in [6.45, 7) is 12.0. The van der Waals surface area contributed by atoms with Crippen molar-refractivity contribution in [2.75, 3.05) is 39.4 Å². The van der Waals surface area contributed by atoms with Crippen molar-refractivity contribution in [2.24, 2.45) is 5.41 Å². The Labute approximate surface area is 163 Å². The number of aromatic nitrogens is 1. The maximum Gasteiger partial charge on any atom is 0.317 e. The largest absolute Gasteiger partial charge is 0.379 e. The van der Waals surface area contributed by atoms with Crippen LogP contribution in [0.3, 0.4) is 0 Å². The number of urea groups is 1. The van der Waals surface area contributed by atoms with E-state index in [9.17, 15) is 4.79 Å². The quantitative estimate of drug-likeness (QED) is 0.880. The lowest BCUT2D eigenvalue weighted by Crippen LogP contribution is -2.52. The summed E-state index contributed by atoms with van der Waals surface area (Å²) in [6, 6.07) is 4.61. The van der Waals surface area contributed by atoms with Gasteiger partial charge in [-0.05, 0) is 36.3 Å². The van der Waals surface area contributed by atoms with Crippen molar-refractivity contribution in [2.45, 2.75) is 52.1 Å². The van der Waals surface area contributed by atoms with Crippen LogP contribution >= 0.6 is 0 Å². The molecule has 0 bridgehead atoms. The number of pyridine rings is 1. The van der Waals surface area contributed by atoms with Crippen molar-refractivity contribution in [1.82, 2.24) is 20.1 Å². The Hall–Kier alpha value is -1.66. The van der Waals surface area contributed by atoms with Crippen LogP contribution in [0.25, 0.3) is 0 Å². The maximum absolute atomic E-state index is 12.9. The standard InChI is InChI=1S/C21H34N4O2/c1-21(2,3)15-19(17-5-4-8-22-16-17)23-20(26)25-9-6-18(7-10-25)24-11-13-27-14-12-24/h4-5,8,16,18-19H,6-7,9-15H2,1-3H3,(H,23,26)/t19-/m0/s1. The van der Waals surface area contributed by atoms with Gasteiger partial charge in [-0.2, -0.15) is 0 Å². The van der Waals surface area contributed by atoms with Gasteiger partial charge < -0.3 is 15.0 Å². The highest BCUT2D eigenvalue weighted by Gasteiger charge is 2.29. The molecule has 1 N–H and O–H groups in total. The van der Waals surface area contributed by atoms with Crippen LogP contribution in [0, 0.1) is 5.41 Å². The first-order valence-electron chi connectivity index (χ1n) is 10.2. The van der Waals surface area contributed by atoms with Crippen molar-refractivity contribution >= 4 is 6.03 Å². The maximum atomic E-state index is 12.9. The summed E-state index contributed by atoms with van der Waals surface area (Å²) in [6.07, 6.45) is 6.61. The van der Waals surface area contributed by atoms with E-state index in [4.69, 9.17) is 4.74 Å². The second kappa shape index (κ2) is 9.02. The van der Waals surface area contributed by atoms with Crippen molar-refractivity contribution in [3.8, 4) is 0 Å². The highest BCUT2D eigenvalue weighted by Crippen LogP contribution is 2.29. The fourth-order valence-corrected chi connectivity index (χ4v) is 4.06. The van der Waals surface area contributed by atoms with Gasteiger partial charge in [0.15, 0.2) is 0 Å². The van der Waals surface area contributed by atoms with E-state index in [-0.39, 0.29) is 17.5 Å². The Morgan fingerprint density at radius 3 is 2.56 bits per heavy atom. The molecule has 2 aliphatic rings. The number of likely N-dealkylation sites (tertiary alicyclic amines) is 1. The van der Waals surface area contributed by atoms with Crippen LogP contribution in [-0.2, 0) is 4.74 Å². The molecule has 0 aliphatic carbocycles. The van der Waals surface area contributed by atoms with Crippen molar-refractivity contribution in [3.05, 3.63) is 30.1 Å². The Bertz CT molecular complexity index is 588. The van der Waals surface area contributed by atoms with E-state index in [1.165, 1.54) is 0 Å². The van der Waals surface area contributed by atoms with E-state index in [1.807, 2.05) is 23.2 Å². The molecule has 1 aromatic rings. The Kier molecular flexibility index (Phi) is 6.71. The number of nitrogens with one attached hydrogen (secondary N) is 1. The van der Waals surface area contributed by atoms with Crippen LogP contribution in [0.2, 0.25) is 0 Å². The SMILES string of the molecule is CC(C)(C)C[C@H](NC(=O)N1CCC(N2CCOCC2)CC1)c1cccnc1. The van der Waals surface area contributed by atoms with Crippen LogP contribution < -0.4 is 5.32 Å². The van der Waals surface area contributed by atoms with E-state index in [2.05, 4.69) is 36.0 Å². The Morgan fingerprint density at radius 2 is 1.96 bits per heavy atom. The van der Waals surface area contributed by atoms with Gasteiger partial charge in [0.25, 0.3) is 0 Å². The van der Waals surface area contributed by atoms with Crippen LogP contribution in [0.4, 0.5) is 4.79 Å². The number of nitrogens with zero attached hydrogens (tertiary/aromatic N) is 3. The second-order valence-corrected chi connectivity index (χ2v) is 8.92. The number of amides is 2. The first-order valence-corrected chi connectivity index (χ1v) is 10.2. The number of hydrogen-bond donors (Lipinski definition) is 1. The molecule has 0 radical (unpaired) electrons. The molecule has 0 aromatic carbocycles.